The molecule has 3 rings (SSSR count). The van der Waals surface area contributed by atoms with Crippen LogP contribution in [0, 0.1) is 0 Å². The first-order chi connectivity index (χ1) is 9.81. The van der Waals surface area contributed by atoms with Gasteiger partial charge in [-0.3, -0.25) is 0 Å². The van der Waals surface area contributed by atoms with Gasteiger partial charge >= 0.3 is 0 Å². The minimum Gasteiger partial charge on any atom is -0.497 e. The zero-order valence-corrected chi connectivity index (χ0v) is 11.8. The normalized spacial score (nSPS) is 20.9. The SMILES string of the molecule is CNC1CC(c2ccccc2)Oc2ccc(OC)cc21. The van der Waals surface area contributed by atoms with Crippen LogP contribution in [-0.4, -0.2) is 14.2 Å². The lowest BCUT2D eigenvalue weighted by Gasteiger charge is -2.32. The topological polar surface area (TPSA) is 30.5 Å². The molecule has 104 valence electrons. The van der Waals surface area contributed by atoms with Gasteiger partial charge in [-0.15, -0.1) is 0 Å². The second-order valence-electron chi connectivity index (χ2n) is 5.00. The van der Waals surface area contributed by atoms with Crippen LogP contribution in [0.3, 0.4) is 0 Å². The molecule has 0 saturated heterocycles. The highest BCUT2D eigenvalue weighted by molar-refractivity contribution is 5.44. The molecule has 3 heteroatoms. The van der Waals surface area contributed by atoms with Gasteiger partial charge in [0.25, 0.3) is 0 Å². The Bertz CT molecular complexity index is 583. The van der Waals surface area contributed by atoms with Crippen LogP contribution in [-0.2, 0) is 0 Å². The lowest BCUT2D eigenvalue weighted by Crippen LogP contribution is -2.26. The van der Waals surface area contributed by atoms with Gasteiger partial charge in [0.1, 0.15) is 17.6 Å². The fourth-order valence-corrected chi connectivity index (χ4v) is 2.72. The zero-order valence-electron chi connectivity index (χ0n) is 11.8. The molecule has 3 nitrogen and oxygen atoms in total. The molecule has 0 saturated carbocycles. The molecule has 0 aromatic heterocycles. The predicted octanol–water partition coefficient (Wildman–Crippen LogP) is 3.48. The number of nitrogens with one attached hydrogen (secondary N) is 1. The summed E-state index contributed by atoms with van der Waals surface area (Å²) in [6.45, 7) is 0. The van der Waals surface area contributed by atoms with Crippen molar-refractivity contribution in [3.05, 3.63) is 59.7 Å². The van der Waals surface area contributed by atoms with Gasteiger partial charge < -0.3 is 14.8 Å². The molecule has 0 aliphatic carbocycles. The molecule has 0 fully saturated rings. The van der Waals surface area contributed by atoms with Crippen LogP contribution < -0.4 is 14.8 Å². The number of methoxy groups -OCH3 is 1. The summed E-state index contributed by atoms with van der Waals surface area (Å²) in [6, 6.07) is 16.6. The van der Waals surface area contributed by atoms with E-state index in [0.717, 1.165) is 17.9 Å². The van der Waals surface area contributed by atoms with E-state index >= 15 is 0 Å². The summed E-state index contributed by atoms with van der Waals surface area (Å²) in [5, 5.41) is 3.38. The van der Waals surface area contributed by atoms with E-state index in [2.05, 4.69) is 35.6 Å². The number of benzene rings is 2. The van der Waals surface area contributed by atoms with Crippen LogP contribution in [0.2, 0.25) is 0 Å². The summed E-state index contributed by atoms with van der Waals surface area (Å²) in [4.78, 5) is 0. The van der Waals surface area contributed by atoms with Crippen molar-refractivity contribution in [2.24, 2.45) is 0 Å². The summed E-state index contributed by atoms with van der Waals surface area (Å²) in [5.41, 5.74) is 2.38. The van der Waals surface area contributed by atoms with Gasteiger partial charge in [-0.2, -0.15) is 0 Å². The van der Waals surface area contributed by atoms with Gasteiger partial charge in [0.2, 0.25) is 0 Å². The lowest BCUT2D eigenvalue weighted by atomic mass is 9.93. The molecule has 0 bridgehead atoms. The molecular weight excluding hydrogens is 250 g/mol. The highest BCUT2D eigenvalue weighted by atomic mass is 16.5. The summed E-state index contributed by atoms with van der Waals surface area (Å²) >= 11 is 0. The molecule has 2 aromatic rings. The Kier molecular flexibility index (Phi) is 3.61. The number of fused-ring (bicyclic) bond motifs is 1. The molecule has 1 heterocycles. The van der Waals surface area contributed by atoms with E-state index in [9.17, 15) is 0 Å². The van der Waals surface area contributed by atoms with Gasteiger partial charge in [0.05, 0.1) is 7.11 Å². The van der Waals surface area contributed by atoms with Crippen molar-refractivity contribution in [3.63, 3.8) is 0 Å². The van der Waals surface area contributed by atoms with E-state index in [1.807, 2.05) is 25.2 Å². The van der Waals surface area contributed by atoms with Crippen LogP contribution in [0.1, 0.15) is 29.7 Å². The minimum absolute atomic E-state index is 0.0922. The largest absolute Gasteiger partial charge is 0.497 e. The van der Waals surface area contributed by atoms with E-state index in [1.165, 1.54) is 11.1 Å². The molecule has 2 unspecified atom stereocenters. The Hall–Kier alpha value is -2.00. The number of ether oxygens (including phenoxy) is 2. The second-order valence-corrected chi connectivity index (χ2v) is 5.00. The van der Waals surface area contributed by atoms with E-state index in [1.54, 1.807) is 7.11 Å². The first-order valence-corrected chi connectivity index (χ1v) is 6.88. The third-order valence-electron chi connectivity index (χ3n) is 3.83. The van der Waals surface area contributed by atoms with Crippen LogP contribution in [0.5, 0.6) is 11.5 Å². The van der Waals surface area contributed by atoms with Gasteiger partial charge in [-0.1, -0.05) is 30.3 Å². The van der Waals surface area contributed by atoms with E-state index < -0.39 is 0 Å². The molecule has 1 aliphatic heterocycles. The van der Waals surface area contributed by atoms with Gasteiger partial charge in [0.15, 0.2) is 0 Å². The van der Waals surface area contributed by atoms with E-state index in [4.69, 9.17) is 9.47 Å². The maximum absolute atomic E-state index is 6.15. The second kappa shape index (κ2) is 5.55. The predicted molar refractivity (Wildman–Crippen MR) is 79.2 cm³/mol. The summed E-state index contributed by atoms with van der Waals surface area (Å²) < 4.78 is 11.5. The number of hydrogen-bond donors (Lipinski definition) is 1. The Morgan fingerprint density at radius 3 is 2.65 bits per heavy atom. The van der Waals surface area contributed by atoms with Crippen molar-refractivity contribution in [1.29, 1.82) is 0 Å². The maximum atomic E-state index is 6.15. The summed E-state index contributed by atoms with van der Waals surface area (Å²) in [5.74, 6) is 1.80. The molecule has 0 amide bonds. The van der Waals surface area contributed by atoms with Gasteiger partial charge in [-0.25, -0.2) is 0 Å². The molecule has 20 heavy (non-hydrogen) atoms. The molecule has 2 atom stereocenters. The zero-order chi connectivity index (χ0) is 13.9. The van der Waals surface area contributed by atoms with Crippen molar-refractivity contribution >= 4 is 0 Å². The molecule has 0 radical (unpaired) electrons. The van der Waals surface area contributed by atoms with Crippen LogP contribution >= 0.6 is 0 Å². The third kappa shape index (κ3) is 2.37. The average Bonchev–Trinajstić information content (AvgIpc) is 2.54. The van der Waals surface area contributed by atoms with Crippen molar-refractivity contribution in [1.82, 2.24) is 5.32 Å². The van der Waals surface area contributed by atoms with Crippen molar-refractivity contribution in [2.45, 2.75) is 18.6 Å². The van der Waals surface area contributed by atoms with Crippen LogP contribution in [0.25, 0.3) is 0 Å². The fraction of sp³-hybridized carbons (Fsp3) is 0.294. The van der Waals surface area contributed by atoms with E-state index in [0.29, 0.717) is 0 Å². The quantitative estimate of drug-likeness (QED) is 0.925. The Labute approximate surface area is 119 Å². The fourth-order valence-electron chi connectivity index (χ4n) is 2.72. The molecule has 1 aliphatic rings. The highest BCUT2D eigenvalue weighted by Gasteiger charge is 2.28. The van der Waals surface area contributed by atoms with Crippen molar-refractivity contribution < 1.29 is 9.47 Å². The smallest absolute Gasteiger partial charge is 0.126 e. The molecular formula is C17H19NO2. The third-order valence-corrected chi connectivity index (χ3v) is 3.83. The Balaban J connectivity index is 1.95. The Morgan fingerprint density at radius 2 is 1.95 bits per heavy atom. The summed E-state index contributed by atoms with van der Waals surface area (Å²) in [6.07, 6.45) is 1.01. The number of rotatable bonds is 3. The summed E-state index contributed by atoms with van der Waals surface area (Å²) in [7, 11) is 3.67. The Morgan fingerprint density at radius 1 is 1.15 bits per heavy atom. The van der Waals surface area contributed by atoms with E-state index in [-0.39, 0.29) is 12.1 Å². The van der Waals surface area contributed by atoms with Crippen LogP contribution in [0.15, 0.2) is 48.5 Å². The standard InChI is InChI=1S/C17H19NO2/c1-18-15-11-17(12-6-4-3-5-7-12)20-16-9-8-13(19-2)10-14(15)16/h3-10,15,17-18H,11H2,1-2H3. The first kappa shape index (κ1) is 13.0. The number of hydrogen-bond acceptors (Lipinski definition) is 3. The first-order valence-electron chi connectivity index (χ1n) is 6.88. The van der Waals surface area contributed by atoms with Crippen LogP contribution in [0.4, 0.5) is 0 Å². The maximum Gasteiger partial charge on any atom is 0.126 e. The van der Waals surface area contributed by atoms with Gasteiger partial charge in [-0.05, 0) is 30.8 Å². The minimum atomic E-state index is 0.0922. The van der Waals surface area contributed by atoms with Gasteiger partial charge in [0, 0.05) is 18.0 Å². The lowest BCUT2D eigenvalue weighted by molar-refractivity contribution is 0.153. The molecule has 2 aromatic carbocycles. The molecule has 0 spiro atoms. The highest BCUT2D eigenvalue weighted by Crippen LogP contribution is 2.41. The van der Waals surface area contributed by atoms with Crippen molar-refractivity contribution in [3.8, 4) is 11.5 Å². The monoisotopic (exact) mass is 269 g/mol. The average molecular weight is 269 g/mol. The molecule has 1 N–H and O–H groups in total. The van der Waals surface area contributed by atoms with Crippen molar-refractivity contribution in [2.75, 3.05) is 14.2 Å².